The normalized spacial score (nSPS) is 21.5. The highest BCUT2D eigenvalue weighted by molar-refractivity contribution is 5.40. The summed E-state index contributed by atoms with van der Waals surface area (Å²) in [6, 6.07) is 6.33. The predicted octanol–water partition coefficient (Wildman–Crippen LogP) is 3.40. The maximum Gasteiger partial charge on any atom is 0.115 e. The fraction of sp³-hybridized carbons (Fsp3) is 0.550. The maximum atomic E-state index is 9.81. The zero-order chi connectivity index (χ0) is 17.1. The van der Waals surface area contributed by atoms with Crippen LogP contribution in [-0.2, 0) is 19.9 Å². The molecule has 130 valence electrons. The number of benzene rings is 1. The third-order valence-electron chi connectivity index (χ3n) is 5.35. The number of nitrogens with one attached hydrogen (secondary N) is 1. The Balaban J connectivity index is 1.84. The number of aryl methyl sites for hydroxylation is 2. The van der Waals surface area contributed by atoms with Gasteiger partial charge in [0.05, 0.1) is 12.0 Å². The van der Waals surface area contributed by atoms with Crippen molar-refractivity contribution in [2.75, 3.05) is 6.54 Å². The summed E-state index contributed by atoms with van der Waals surface area (Å²) in [4.78, 5) is 4.53. The fourth-order valence-electron chi connectivity index (χ4n) is 3.69. The molecule has 24 heavy (non-hydrogen) atoms. The highest BCUT2D eigenvalue weighted by Gasteiger charge is 2.30. The molecule has 2 N–H and O–H groups in total. The molecule has 4 nitrogen and oxygen atoms in total. The van der Waals surface area contributed by atoms with Crippen molar-refractivity contribution < 1.29 is 5.11 Å². The van der Waals surface area contributed by atoms with E-state index in [0.29, 0.717) is 23.6 Å². The zero-order valence-corrected chi connectivity index (χ0v) is 15.0. The van der Waals surface area contributed by atoms with Crippen molar-refractivity contribution in [2.45, 2.75) is 51.5 Å². The minimum absolute atomic E-state index is 0.372. The molecule has 0 spiro atoms. The lowest BCUT2D eigenvalue weighted by Gasteiger charge is -2.35. The summed E-state index contributed by atoms with van der Waals surface area (Å²) >= 11 is 0. The van der Waals surface area contributed by atoms with Crippen molar-refractivity contribution >= 4 is 0 Å². The van der Waals surface area contributed by atoms with E-state index in [1.165, 1.54) is 17.5 Å². The Morgan fingerprint density at radius 1 is 1.42 bits per heavy atom. The van der Waals surface area contributed by atoms with E-state index in [-0.39, 0.29) is 0 Å². The lowest BCUT2D eigenvalue weighted by Crippen LogP contribution is -2.41. The number of hydrogen-bond donors (Lipinski definition) is 2. The Morgan fingerprint density at radius 2 is 2.25 bits per heavy atom. The van der Waals surface area contributed by atoms with Crippen LogP contribution in [0.25, 0.3) is 0 Å². The number of aromatic nitrogens is 2. The minimum Gasteiger partial charge on any atom is -0.508 e. The average Bonchev–Trinajstić information content (AvgIpc) is 2.98. The van der Waals surface area contributed by atoms with E-state index in [2.05, 4.69) is 36.4 Å². The molecule has 0 fully saturated rings. The molecule has 1 aliphatic carbocycles. The van der Waals surface area contributed by atoms with Gasteiger partial charge in [0.2, 0.25) is 0 Å². The van der Waals surface area contributed by atoms with Crippen LogP contribution >= 0.6 is 0 Å². The van der Waals surface area contributed by atoms with Gasteiger partial charge in [0.1, 0.15) is 5.75 Å². The minimum atomic E-state index is 0.372. The van der Waals surface area contributed by atoms with Crippen LogP contribution < -0.4 is 5.32 Å². The van der Waals surface area contributed by atoms with Crippen LogP contribution in [0.4, 0.5) is 0 Å². The molecule has 0 bridgehead atoms. The largest absolute Gasteiger partial charge is 0.508 e. The highest BCUT2D eigenvalue weighted by atomic mass is 16.3. The predicted molar refractivity (Wildman–Crippen MR) is 97.3 cm³/mol. The Hall–Kier alpha value is -1.81. The summed E-state index contributed by atoms with van der Waals surface area (Å²) in [7, 11) is 2.02. The van der Waals surface area contributed by atoms with E-state index >= 15 is 0 Å². The number of phenols is 1. The summed E-state index contributed by atoms with van der Waals surface area (Å²) in [6.07, 6.45) is 8.27. The molecule has 0 saturated heterocycles. The van der Waals surface area contributed by atoms with Gasteiger partial charge in [-0.25, -0.2) is 4.98 Å². The van der Waals surface area contributed by atoms with Crippen LogP contribution in [0.2, 0.25) is 0 Å². The Bertz CT molecular complexity index is 679. The molecule has 0 radical (unpaired) electrons. The first-order chi connectivity index (χ1) is 11.6. The van der Waals surface area contributed by atoms with Gasteiger partial charge in [-0.3, -0.25) is 0 Å². The fourth-order valence-corrected chi connectivity index (χ4v) is 3.69. The average molecular weight is 327 g/mol. The first-order valence-electron chi connectivity index (χ1n) is 9.08. The number of aromatic hydroxyl groups is 1. The van der Waals surface area contributed by atoms with Crippen LogP contribution in [-0.4, -0.2) is 27.2 Å². The van der Waals surface area contributed by atoms with Crippen molar-refractivity contribution in [3.05, 3.63) is 47.5 Å². The molecule has 3 atom stereocenters. The molecule has 1 aromatic carbocycles. The molecule has 4 heteroatoms. The molecule has 2 aromatic rings. The Labute approximate surface area is 144 Å². The van der Waals surface area contributed by atoms with Crippen LogP contribution in [0.5, 0.6) is 5.75 Å². The van der Waals surface area contributed by atoms with Crippen molar-refractivity contribution in [2.24, 2.45) is 13.0 Å². The van der Waals surface area contributed by atoms with Crippen LogP contribution in [0, 0.1) is 5.92 Å². The van der Waals surface area contributed by atoms with Gasteiger partial charge in [-0.2, -0.15) is 0 Å². The van der Waals surface area contributed by atoms with E-state index in [4.69, 9.17) is 0 Å². The SMILES string of the molecule is CCC(C)CNC1CCc2cc(O)ccc2C1Cc1cn(C)cn1. The van der Waals surface area contributed by atoms with Gasteiger partial charge in [-0.15, -0.1) is 0 Å². The maximum absolute atomic E-state index is 9.81. The second-order valence-corrected chi connectivity index (χ2v) is 7.29. The number of hydrogen-bond acceptors (Lipinski definition) is 3. The lowest BCUT2D eigenvalue weighted by molar-refractivity contribution is 0.354. The van der Waals surface area contributed by atoms with Crippen molar-refractivity contribution in [1.29, 1.82) is 0 Å². The number of rotatable bonds is 6. The molecule has 1 aliphatic rings. The summed E-state index contributed by atoms with van der Waals surface area (Å²) in [5.74, 6) is 1.48. The van der Waals surface area contributed by atoms with Gasteiger partial charge in [0, 0.05) is 25.2 Å². The summed E-state index contributed by atoms with van der Waals surface area (Å²) < 4.78 is 2.01. The first kappa shape index (κ1) is 17.0. The van der Waals surface area contributed by atoms with Crippen LogP contribution in [0.1, 0.15) is 49.4 Å². The van der Waals surface area contributed by atoms with Crippen LogP contribution in [0.3, 0.4) is 0 Å². The van der Waals surface area contributed by atoms with E-state index in [1.54, 1.807) is 0 Å². The zero-order valence-electron chi connectivity index (χ0n) is 15.0. The quantitative estimate of drug-likeness (QED) is 0.855. The standard InChI is InChI=1S/C20H29N3O/c1-4-14(2)11-21-20-8-5-15-9-17(24)6-7-18(15)19(20)10-16-12-23(3)13-22-16/h6-7,9,12-14,19-21,24H,4-5,8,10-11H2,1-3H3. The van der Waals surface area contributed by atoms with Gasteiger partial charge in [-0.1, -0.05) is 26.3 Å². The molecule has 3 unspecified atom stereocenters. The molecule has 0 amide bonds. The first-order valence-corrected chi connectivity index (χ1v) is 9.08. The third kappa shape index (κ3) is 3.81. The second kappa shape index (κ2) is 7.39. The second-order valence-electron chi connectivity index (χ2n) is 7.29. The number of imidazole rings is 1. The van der Waals surface area contributed by atoms with Crippen molar-refractivity contribution in [3.63, 3.8) is 0 Å². The summed E-state index contributed by atoms with van der Waals surface area (Å²) in [5.41, 5.74) is 3.79. The Morgan fingerprint density at radius 3 is 2.96 bits per heavy atom. The van der Waals surface area contributed by atoms with Gasteiger partial charge in [0.25, 0.3) is 0 Å². The molecular formula is C20H29N3O. The number of nitrogens with zero attached hydrogens (tertiary/aromatic N) is 2. The molecule has 0 saturated carbocycles. The topological polar surface area (TPSA) is 50.1 Å². The van der Waals surface area contributed by atoms with E-state index in [1.807, 2.05) is 30.1 Å². The summed E-state index contributed by atoms with van der Waals surface area (Å²) in [5, 5.41) is 13.6. The number of phenolic OH excluding ortho intramolecular Hbond substituents is 1. The van der Waals surface area contributed by atoms with Crippen molar-refractivity contribution in [3.8, 4) is 5.75 Å². The number of fused-ring (bicyclic) bond motifs is 1. The van der Waals surface area contributed by atoms with Crippen LogP contribution in [0.15, 0.2) is 30.7 Å². The third-order valence-corrected chi connectivity index (χ3v) is 5.35. The summed E-state index contributed by atoms with van der Waals surface area (Å²) in [6.45, 7) is 5.61. The molecule has 3 rings (SSSR count). The Kier molecular flexibility index (Phi) is 5.24. The van der Waals surface area contributed by atoms with E-state index in [9.17, 15) is 5.11 Å². The van der Waals surface area contributed by atoms with Gasteiger partial charge < -0.3 is 15.0 Å². The highest BCUT2D eigenvalue weighted by Crippen LogP contribution is 2.36. The molecule has 1 aromatic heterocycles. The molecular weight excluding hydrogens is 298 g/mol. The van der Waals surface area contributed by atoms with Gasteiger partial charge in [-0.05, 0) is 55.0 Å². The lowest BCUT2D eigenvalue weighted by atomic mass is 9.76. The molecule has 1 heterocycles. The molecule has 0 aliphatic heterocycles. The monoisotopic (exact) mass is 327 g/mol. The smallest absolute Gasteiger partial charge is 0.115 e. The van der Waals surface area contributed by atoms with Crippen molar-refractivity contribution in [1.82, 2.24) is 14.9 Å². The van der Waals surface area contributed by atoms with E-state index < -0.39 is 0 Å². The van der Waals surface area contributed by atoms with E-state index in [0.717, 1.165) is 31.5 Å². The van der Waals surface area contributed by atoms with Gasteiger partial charge in [0.15, 0.2) is 0 Å². The van der Waals surface area contributed by atoms with Gasteiger partial charge >= 0.3 is 0 Å².